The standard InChI is InChI=1S/C16H15F2N5O3/c1-9-7-12(23-16(21-9)19-8-20-23)22-13(14(24)25-2)10-3-5-11(6-4-10)26-15(17)18/h3-8,13,15,22H,1-2H3. The summed E-state index contributed by atoms with van der Waals surface area (Å²) in [5, 5.41) is 7.10. The van der Waals surface area contributed by atoms with Gasteiger partial charge in [-0.05, 0) is 24.6 Å². The Balaban J connectivity index is 1.93. The van der Waals surface area contributed by atoms with Gasteiger partial charge in [-0.1, -0.05) is 12.1 Å². The van der Waals surface area contributed by atoms with E-state index in [1.54, 1.807) is 13.0 Å². The molecular weight excluding hydrogens is 348 g/mol. The molecule has 0 fully saturated rings. The monoisotopic (exact) mass is 363 g/mol. The summed E-state index contributed by atoms with van der Waals surface area (Å²) < 4.78 is 35.2. The van der Waals surface area contributed by atoms with Crippen molar-refractivity contribution in [2.24, 2.45) is 0 Å². The molecule has 0 saturated heterocycles. The van der Waals surface area contributed by atoms with Gasteiger partial charge in [0.25, 0.3) is 5.78 Å². The van der Waals surface area contributed by atoms with Crippen molar-refractivity contribution in [3.63, 3.8) is 0 Å². The summed E-state index contributed by atoms with van der Waals surface area (Å²) in [5.41, 5.74) is 1.18. The molecule has 0 bridgehead atoms. The molecule has 0 aliphatic rings. The van der Waals surface area contributed by atoms with Gasteiger partial charge in [-0.3, -0.25) is 0 Å². The summed E-state index contributed by atoms with van der Waals surface area (Å²) in [4.78, 5) is 20.5. The Hall–Kier alpha value is -3.30. The number of aromatic nitrogens is 4. The quantitative estimate of drug-likeness (QED) is 0.672. The predicted molar refractivity (Wildman–Crippen MR) is 87.0 cm³/mol. The van der Waals surface area contributed by atoms with Crippen LogP contribution in [0.25, 0.3) is 5.78 Å². The van der Waals surface area contributed by atoms with E-state index in [0.29, 0.717) is 22.9 Å². The third kappa shape index (κ3) is 3.68. The first-order chi connectivity index (χ1) is 12.5. The Labute approximate surface area is 146 Å². The largest absolute Gasteiger partial charge is 0.467 e. The maximum absolute atomic E-state index is 12.3. The number of rotatable bonds is 6. The molecule has 3 rings (SSSR count). The average Bonchev–Trinajstić information content (AvgIpc) is 3.07. The molecule has 0 aliphatic carbocycles. The van der Waals surface area contributed by atoms with Crippen LogP contribution in [0.5, 0.6) is 5.75 Å². The van der Waals surface area contributed by atoms with Gasteiger partial charge in [0.05, 0.1) is 7.11 Å². The second kappa shape index (κ2) is 7.30. The van der Waals surface area contributed by atoms with Crippen molar-refractivity contribution in [2.75, 3.05) is 12.4 Å². The number of ether oxygens (including phenoxy) is 2. The van der Waals surface area contributed by atoms with E-state index in [2.05, 4.69) is 25.1 Å². The summed E-state index contributed by atoms with van der Waals surface area (Å²) in [6.45, 7) is -1.14. The SMILES string of the molecule is COC(=O)C(Nc1cc(C)nc2ncnn12)c1ccc(OC(F)F)cc1. The van der Waals surface area contributed by atoms with E-state index in [1.165, 1.54) is 42.2 Å². The third-order valence-electron chi connectivity index (χ3n) is 3.55. The number of anilines is 1. The van der Waals surface area contributed by atoms with Crippen molar-refractivity contribution < 1.29 is 23.0 Å². The molecule has 2 heterocycles. The second-order valence-corrected chi connectivity index (χ2v) is 5.30. The maximum Gasteiger partial charge on any atom is 0.387 e. The zero-order valence-electron chi connectivity index (χ0n) is 13.9. The highest BCUT2D eigenvalue weighted by molar-refractivity contribution is 5.80. The fraction of sp³-hybridized carbons (Fsp3) is 0.250. The lowest BCUT2D eigenvalue weighted by Gasteiger charge is -2.19. The summed E-state index contributed by atoms with van der Waals surface area (Å²) in [7, 11) is 1.26. The van der Waals surface area contributed by atoms with E-state index in [9.17, 15) is 13.6 Å². The minimum Gasteiger partial charge on any atom is -0.467 e. The number of carbonyl (C=O) groups is 1. The highest BCUT2D eigenvalue weighted by Crippen LogP contribution is 2.24. The Bertz CT molecular complexity index is 914. The molecule has 2 aromatic heterocycles. The zero-order valence-corrected chi connectivity index (χ0v) is 13.9. The molecule has 1 aromatic carbocycles. The first-order valence-corrected chi connectivity index (χ1v) is 7.54. The number of benzene rings is 1. The van der Waals surface area contributed by atoms with Crippen LogP contribution in [0.4, 0.5) is 14.6 Å². The summed E-state index contributed by atoms with van der Waals surface area (Å²) in [6.07, 6.45) is 1.34. The number of halogens is 2. The Morgan fingerprint density at radius 1 is 1.27 bits per heavy atom. The summed E-state index contributed by atoms with van der Waals surface area (Å²) >= 11 is 0. The van der Waals surface area contributed by atoms with Crippen LogP contribution in [-0.4, -0.2) is 39.3 Å². The molecule has 1 N–H and O–H groups in total. The fourth-order valence-corrected chi connectivity index (χ4v) is 2.42. The number of methoxy groups -OCH3 is 1. The molecule has 0 aliphatic heterocycles. The number of hydrogen-bond acceptors (Lipinski definition) is 7. The number of carbonyl (C=O) groups excluding carboxylic acids is 1. The van der Waals surface area contributed by atoms with Gasteiger partial charge in [0.2, 0.25) is 0 Å². The smallest absolute Gasteiger partial charge is 0.387 e. The van der Waals surface area contributed by atoms with E-state index in [-0.39, 0.29) is 5.75 Å². The van der Waals surface area contributed by atoms with E-state index in [4.69, 9.17) is 4.74 Å². The van der Waals surface area contributed by atoms with Crippen molar-refractivity contribution in [3.8, 4) is 5.75 Å². The van der Waals surface area contributed by atoms with Crippen LogP contribution < -0.4 is 10.1 Å². The normalized spacial score (nSPS) is 12.2. The lowest BCUT2D eigenvalue weighted by molar-refractivity contribution is -0.141. The third-order valence-corrected chi connectivity index (χ3v) is 3.55. The van der Waals surface area contributed by atoms with Crippen LogP contribution in [0, 0.1) is 6.92 Å². The van der Waals surface area contributed by atoms with Gasteiger partial charge in [-0.2, -0.15) is 23.4 Å². The molecule has 0 saturated carbocycles. The fourth-order valence-electron chi connectivity index (χ4n) is 2.42. The Morgan fingerprint density at radius 3 is 2.65 bits per heavy atom. The molecular formula is C16H15F2N5O3. The average molecular weight is 363 g/mol. The van der Waals surface area contributed by atoms with Crippen LogP contribution in [0.2, 0.25) is 0 Å². The number of aryl methyl sites for hydroxylation is 1. The van der Waals surface area contributed by atoms with Crippen LogP contribution in [-0.2, 0) is 9.53 Å². The molecule has 0 radical (unpaired) electrons. The first kappa shape index (κ1) is 17.5. The van der Waals surface area contributed by atoms with Crippen LogP contribution >= 0.6 is 0 Å². The molecule has 1 atom stereocenters. The molecule has 0 spiro atoms. The van der Waals surface area contributed by atoms with Crippen LogP contribution in [0.1, 0.15) is 17.3 Å². The Kier molecular flexibility index (Phi) is 4.92. The van der Waals surface area contributed by atoms with Crippen molar-refractivity contribution in [1.29, 1.82) is 0 Å². The lowest BCUT2D eigenvalue weighted by atomic mass is 10.1. The minimum absolute atomic E-state index is 0.00853. The molecule has 1 unspecified atom stereocenters. The van der Waals surface area contributed by atoms with Crippen molar-refractivity contribution in [3.05, 3.63) is 47.9 Å². The molecule has 10 heteroatoms. The van der Waals surface area contributed by atoms with E-state index in [1.807, 2.05) is 0 Å². The molecule has 0 amide bonds. The van der Waals surface area contributed by atoms with E-state index >= 15 is 0 Å². The van der Waals surface area contributed by atoms with Crippen molar-refractivity contribution in [1.82, 2.24) is 19.6 Å². The number of alkyl halides is 2. The van der Waals surface area contributed by atoms with Gasteiger partial charge in [-0.15, -0.1) is 0 Å². The number of nitrogens with zero attached hydrogens (tertiary/aromatic N) is 4. The summed E-state index contributed by atoms with van der Waals surface area (Å²) in [6, 6.07) is 6.50. The zero-order chi connectivity index (χ0) is 18.7. The molecule has 3 aromatic rings. The van der Waals surface area contributed by atoms with Crippen molar-refractivity contribution in [2.45, 2.75) is 19.6 Å². The van der Waals surface area contributed by atoms with Crippen LogP contribution in [0.15, 0.2) is 36.7 Å². The predicted octanol–water partition coefficient (Wildman–Crippen LogP) is 2.36. The highest BCUT2D eigenvalue weighted by atomic mass is 19.3. The topological polar surface area (TPSA) is 90.6 Å². The second-order valence-electron chi connectivity index (χ2n) is 5.30. The van der Waals surface area contributed by atoms with Crippen LogP contribution in [0.3, 0.4) is 0 Å². The van der Waals surface area contributed by atoms with Gasteiger partial charge in [0, 0.05) is 11.8 Å². The maximum atomic E-state index is 12.3. The van der Waals surface area contributed by atoms with Gasteiger partial charge < -0.3 is 14.8 Å². The molecule has 136 valence electrons. The summed E-state index contributed by atoms with van der Waals surface area (Å²) in [5.74, 6) is 0.283. The van der Waals surface area contributed by atoms with E-state index in [0.717, 1.165) is 0 Å². The lowest BCUT2D eigenvalue weighted by Crippen LogP contribution is -2.23. The number of nitrogens with one attached hydrogen (secondary N) is 1. The number of esters is 1. The van der Waals surface area contributed by atoms with Gasteiger partial charge in [0.15, 0.2) is 6.04 Å². The molecule has 26 heavy (non-hydrogen) atoms. The number of hydrogen-bond donors (Lipinski definition) is 1. The minimum atomic E-state index is -2.92. The first-order valence-electron chi connectivity index (χ1n) is 7.54. The van der Waals surface area contributed by atoms with Gasteiger partial charge in [0.1, 0.15) is 17.9 Å². The van der Waals surface area contributed by atoms with Gasteiger partial charge >= 0.3 is 12.6 Å². The van der Waals surface area contributed by atoms with E-state index < -0.39 is 18.6 Å². The number of fused-ring (bicyclic) bond motifs is 1. The Morgan fingerprint density at radius 2 is 2.00 bits per heavy atom. The molecule has 8 nitrogen and oxygen atoms in total. The highest BCUT2D eigenvalue weighted by Gasteiger charge is 2.23. The van der Waals surface area contributed by atoms with Crippen molar-refractivity contribution >= 4 is 17.6 Å². The van der Waals surface area contributed by atoms with Gasteiger partial charge in [-0.25, -0.2) is 9.78 Å².